The van der Waals surface area contributed by atoms with Crippen LogP contribution in [0.15, 0.2) is 42.5 Å². The van der Waals surface area contributed by atoms with Crippen LogP contribution in [0.1, 0.15) is 42.3 Å². The third-order valence-electron chi connectivity index (χ3n) is 7.48. The van der Waals surface area contributed by atoms with Gasteiger partial charge in [-0.1, -0.05) is 30.3 Å². The number of ether oxygens (including phenoxy) is 5. The van der Waals surface area contributed by atoms with Crippen LogP contribution in [0, 0.1) is 0 Å². The zero-order valence-electron chi connectivity index (χ0n) is 23.2. The molecule has 3 heterocycles. The average molecular weight is 555 g/mol. The molecule has 3 aliphatic heterocycles. The topological polar surface area (TPSA) is 124 Å². The first-order valence-corrected chi connectivity index (χ1v) is 13.0. The summed E-state index contributed by atoms with van der Waals surface area (Å²) >= 11 is 0. The quantitative estimate of drug-likeness (QED) is 0.163. The van der Waals surface area contributed by atoms with Gasteiger partial charge in [0.05, 0.1) is 31.4 Å². The molecule has 0 aliphatic carbocycles. The van der Waals surface area contributed by atoms with Crippen LogP contribution >= 0.6 is 0 Å². The van der Waals surface area contributed by atoms with E-state index in [4.69, 9.17) is 23.7 Å². The van der Waals surface area contributed by atoms with Gasteiger partial charge in [-0.15, -0.1) is 0 Å². The van der Waals surface area contributed by atoms with Crippen molar-refractivity contribution in [2.24, 2.45) is 0 Å². The lowest BCUT2D eigenvalue weighted by Gasteiger charge is -2.35. The highest BCUT2D eigenvalue weighted by molar-refractivity contribution is 5.95. The Morgan fingerprint density at radius 1 is 1.10 bits per heavy atom. The first-order chi connectivity index (χ1) is 19.1. The van der Waals surface area contributed by atoms with Gasteiger partial charge in [0.15, 0.2) is 0 Å². The molecule has 214 valence electrons. The van der Waals surface area contributed by atoms with Crippen LogP contribution in [-0.2, 0) is 35.8 Å². The minimum atomic E-state index is -1.37. The van der Waals surface area contributed by atoms with Crippen molar-refractivity contribution in [1.29, 1.82) is 0 Å². The van der Waals surface area contributed by atoms with Crippen molar-refractivity contribution in [2.75, 3.05) is 32.5 Å². The number of nitrogens with zero attached hydrogens (tertiary/aromatic N) is 2. The van der Waals surface area contributed by atoms with Crippen molar-refractivity contribution in [2.45, 2.75) is 62.7 Å². The van der Waals surface area contributed by atoms with Crippen molar-refractivity contribution in [1.82, 2.24) is 4.90 Å². The second-order valence-corrected chi connectivity index (χ2v) is 11.2. The van der Waals surface area contributed by atoms with Crippen LogP contribution in [0.3, 0.4) is 0 Å². The molecule has 0 bridgehead atoms. The van der Waals surface area contributed by atoms with Gasteiger partial charge in [0.2, 0.25) is 0 Å². The first kappa shape index (κ1) is 27.9. The van der Waals surface area contributed by atoms with E-state index >= 15 is 0 Å². The van der Waals surface area contributed by atoms with Crippen LogP contribution in [0.4, 0.5) is 10.5 Å². The highest BCUT2D eigenvalue weighted by Gasteiger charge is 2.76. The molecule has 0 radical (unpaired) electrons. The number of hydrogen-bond donors (Lipinski definition) is 1. The summed E-state index contributed by atoms with van der Waals surface area (Å²) in [6, 6.07) is 10.7. The van der Waals surface area contributed by atoms with Crippen LogP contribution in [0.5, 0.6) is 5.75 Å². The number of aliphatic hydroxyl groups excluding tert-OH is 1. The third-order valence-corrected chi connectivity index (χ3v) is 7.48. The molecule has 2 aromatic rings. The van der Waals surface area contributed by atoms with E-state index in [2.05, 4.69) is 0 Å². The second-order valence-electron chi connectivity index (χ2n) is 11.2. The Balaban J connectivity index is 1.61. The molecular formula is C29H34N2O9. The molecule has 3 aliphatic rings. The van der Waals surface area contributed by atoms with Gasteiger partial charge < -0.3 is 38.5 Å². The number of carbonyl (C=O) groups is 3. The molecular weight excluding hydrogens is 520 g/mol. The van der Waals surface area contributed by atoms with Crippen LogP contribution in [-0.4, -0.2) is 85.9 Å². The molecule has 40 heavy (non-hydrogen) atoms. The second kappa shape index (κ2) is 10.4. The number of aldehydes is 1. The lowest BCUT2D eigenvalue weighted by atomic mass is 9.76. The summed E-state index contributed by atoms with van der Waals surface area (Å²) in [7, 11) is 2.75. The standard InChI is InChI=1S/C29H34N2O9/c1-28(2,3)40-27(35)31-22-23(31)25(33)30-19-11-18(26(34)37-5)12-20(39-13-17-9-7-6-8-10-17)21(19)29(14-32,24(22)30)15-38-16-36-4/h6-12,14,22-25,33H,13,15-16H2,1-5H3/t22-,23+,24?,25?,29-,31?/m0/s1. The van der Waals surface area contributed by atoms with Gasteiger partial charge in [-0.3, -0.25) is 4.90 Å². The number of carbonyl (C=O) groups excluding carboxylic acids is 3. The lowest BCUT2D eigenvalue weighted by molar-refractivity contribution is -0.118. The SMILES string of the molecule is COCOC[C@@]1(C=O)c2c(OCc3ccccc3)cc(C(=O)OC)cc2N2C(O)[C@H]3[C@@H](C21)N3C(=O)OC(C)(C)C. The van der Waals surface area contributed by atoms with Gasteiger partial charge in [0, 0.05) is 18.4 Å². The summed E-state index contributed by atoms with van der Waals surface area (Å²) in [4.78, 5) is 42.1. The lowest BCUT2D eigenvalue weighted by Crippen LogP contribution is -2.54. The number of fused-ring (bicyclic) bond motifs is 5. The molecule has 2 saturated heterocycles. The van der Waals surface area contributed by atoms with Gasteiger partial charge in [0.1, 0.15) is 48.7 Å². The predicted octanol–water partition coefficient (Wildman–Crippen LogP) is 2.62. The Morgan fingerprint density at radius 2 is 1.82 bits per heavy atom. The predicted molar refractivity (Wildman–Crippen MR) is 142 cm³/mol. The van der Waals surface area contributed by atoms with Crippen molar-refractivity contribution in [3.05, 3.63) is 59.2 Å². The Kier molecular flexibility index (Phi) is 7.24. The number of methoxy groups -OCH3 is 2. The number of aliphatic hydroxyl groups is 1. The number of anilines is 1. The molecule has 1 N–H and O–H groups in total. The molecule has 2 fully saturated rings. The van der Waals surface area contributed by atoms with E-state index in [-0.39, 0.29) is 31.3 Å². The molecule has 11 nitrogen and oxygen atoms in total. The number of rotatable bonds is 9. The fourth-order valence-electron chi connectivity index (χ4n) is 5.94. The maximum absolute atomic E-state index is 13.2. The largest absolute Gasteiger partial charge is 0.488 e. The Labute approximate surface area is 232 Å². The summed E-state index contributed by atoms with van der Waals surface area (Å²) in [5.74, 6) is -0.324. The van der Waals surface area contributed by atoms with Gasteiger partial charge in [0.25, 0.3) is 0 Å². The van der Waals surface area contributed by atoms with Crippen LogP contribution in [0.25, 0.3) is 0 Å². The highest BCUT2D eigenvalue weighted by atomic mass is 16.7. The summed E-state index contributed by atoms with van der Waals surface area (Å²) in [6.45, 7) is 5.25. The van der Waals surface area contributed by atoms with Crippen LogP contribution in [0.2, 0.25) is 0 Å². The third kappa shape index (κ3) is 4.57. The molecule has 5 atom stereocenters. The fourth-order valence-corrected chi connectivity index (χ4v) is 5.94. The molecule has 0 saturated carbocycles. The molecule has 1 amide bonds. The first-order valence-electron chi connectivity index (χ1n) is 13.0. The Bertz CT molecular complexity index is 1290. The van der Waals surface area contributed by atoms with E-state index in [1.54, 1.807) is 31.7 Å². The fraction of sp³-hybridized carbons (Fsp3) is 0.483. The normalized spacial score (nSPS) is 26.1. The monoisotopic (exact) mass is 554 g/mol. The smallest absolute Gasteiger partial charge is 0.411 e. The molecule has 2 aromatic carbocycles. The van der Waals surface area contributed by atoms with Gasteiger partial charge in [-0.2, -0.15) is 0 Å². The van der Waals surface area contributed by atoms with E-state index in [9.17, 15) is 19.5 Å². The molecule has 0 spiro atoms. The summed E-state index contributed by atoms with van der Waals surface area (Å²) in [5.41, 5.74) is -0.142. The zero-order valence-corrected chi connectivity index (χ0v) is 23.2. The van der Waals surface area contributed by atoms with E-state index in [0.29, 0.717) is 11.3 Å². The minimum absolute atomic E-state index is 0.0788. The molecule has 0 aromatic heterocycles. The number of esters is 1. The van der Waals surface area contributed by atoms with Gasteiger partial charge >= 0.3 is 12.1 Å². The minimum Gasteiger partial charge on any atom is -0.488 e. The van der Waals surface area contributed by atoms with E-state index < -0.39 is 47.4 Å². The van der Waals surface area contributed by atoms with Crippen molar-refractivity contribution in [3.8, 4) is 5.75 Å². The Morgan fingerprint density at radius 3 is 2.45 bits per heavy atom. The Hall–Kier alpha value is -3.67. The van der Waals surface area contributed by atoms with Crippen LogP contribution < -0.4 is 9.64 Å². The molecule has 5 rings (SSSR count). The number of piperazine rings is 1. The highest BCUT2D eigenvalue weighted by Crippen LogP contribution is 2.60. The average Bonchev–Trinajstić information content (AvgIpc) is 3.50. The van der Waals surface area contributed by atoms with Gasteiger partial charge in [-0.25, -0.2) is 9.59 Å². The molecule has 2 unspecified atom stereocenters. The zero-order chi connectivity index (χ0) is 28.8. The van der Waals surface area contributed by atoms with E-state index in [1.165, 1.54) is 25.2 Å². The summed E-state index contributed by atoms with van der Waals surface area (Å²) in [5, 5.41) is 11.5. The maximum Gasteiger partial charge on any atom is 0.411 e. The van der Waals surface area contributed by atoms with Crippen molar-refractivity contribution < 1.29 is 43.2 Å². The van der Waals surface area contributed by atoms with Crippen molar-refractivity contribution in [3.63, 3.8) is 0 Å². The van der Waals surface area contributed by atoms with Gasteiger partial charge in [-0.05, 0) is 38.5 Å². The molecule has 11 heteroatoms. The van der Waals surface area contributed by atoms with E-state index in [0.717, 1.165) is 11.8 Å². The summed E-state index contributed by atoms with van der Waals surface area (Å²) in [6.07, 6.45) is -0.967. The number of benzene rings is 2. The van der Waals surface area contributed by atoms with E-state index in [1.807, 2.05) is 30.3 Å². The van der Waals surface area contributed by atoms with Crippen molar-refractivity contribution >= 4 is 24.0 Å². The maximum atomic E-state index is 13.2. The number of hydrogen-bond acceptors (Lipinski definition) is 10. The summed E-state index contributed by atoms with van der Waals surface area (Å²) < 4.78 is 27.7. The number of amides is 1.